The van der Waals surface area contributed by atoms with Crippen molar-refractivity contribution < 1.29 is 8.42 Å². The Kier molecular flexibility index (Phi) is 2.67. The minimum atomic E-state index is -3.22. The first-order valence-corrected chi connectivity index (χ1v) is 5.47. The van der Waals surface area contributed by atoms with Crippen molar-refractivity contribution in [3.05, 3.63) is 0 Å². The third-order valence-corrected chi connectivity index (χ3v) is 3.06. The van der Waals surface area contributed by atoms with Crippen LogP contribution < -0.4 is 5.32 Å². The zero-order valence-electron chi connectivity index (χ0n) is 6.82. The van der Waals surface area contributed by atoms with E-state index in [2.05, 4.69) is 5.32 Å². The molecule has 1 aliphatic heterocycles. The summed E-state index contributed by atoms with van der Waals surface area (Å²) < 4.78 is 23.4. The zero-order valence-corrected chi connectivity index (χ0v) is 7.63. The highest BCUT2D eigenvalue weighted by atomic mass is 32.2. The molecule has 1 aliphatic rings. The lowest BCUT2D eigenvalue weighted by Gasteiger charge is -2.29. The SMILES string of the molecule is CS(=O)(=O)N1CCNCC1C#N. The first-order valence-electron chi connectivity index (χ1n) is 3.63. The molecule has 0 radical (unpaired) electrons. The van der Waals surface area contributed by atoms with Crippen LogP contribution >= 0.6 is 0 Å². The molecule has 0 spiro atoms. The maximum absolute atomic E-state index is 11.1. The molecule has 6 heteroatoms. The second kappa shape index (κ2) is 3.39. The molecule has 0 aromatic carbocycles. The summed E-state index contributed by atoms with van der Waals surface area (Å²) in [5, 5.41) is 11.6. The molecule has 5 nitrogen and oxygen atoms in total. The molecule has 1 heterocycles. The van der Waals surface area contributed by atoms with E-state index in [9.17, 15) is 8.42 Å². The van der Waals surface area contributed by atoms with E-state index in [0.29, 0.717) is 19.6 Å². The van der Waals surface area contributed by atoms with Crippen LogP contribution in [0.15, 0.2) is 0 Å². The Labute approximate surface area is 72.0 Å². The van der Waals surface area contributed by atoms with Crippen LogP contribution in [0.3, 0.4) is 0 Å². The number of nitrogens with zero attached hydrogens (tertiary/aromatic N) is 2. The smallest absolute Gasteiger partial charge is 0.212 e. The van der Waals surface area contributed by atoms with E-state index < -0.39 is 16.1 Å². The lowest BCUT2D eigenvalue weighted by atomic mass is 10.3. The summed E-state index contributed by atoms with van der Waals surface area (Å²) in [4.78, 5) is 0. The molecule has 12 heavy (non-hydrogen) atoms. The molecule has 1 saturated heterocycles. The van der Waals surface area contributed by atoms with E-state index in [-0.39, 0.29) is 0 Å². The molecular formula is C6H11N3O2S. The quantitative estimate of drug-likeness (QED) is 0.559. The fourth-order valence-electron chi connectivity index (χ4n) is 1.19. The van der Waals surface area contributed by atoms with Crippen LogP contribution in [0.1, 0.15) is 0 Å². The summed E-state index contributed by atoms with van der Waals surface area (Å²) in [5.74, 6) is 0. The molecule has 0 aliphatic carbocycles. The summed E-state index contributed by atoms with van der Waals surface area (Å²) in [6.45, 7) is 1.42. The second-order valence-corrected chi connectivity index (χ2v) is 4.66. The summed E-state index contributed by atoms with van der Waals surface area (Å²) in [6.07, 6.45) is 1.13. The van der Waals surface area contributed by atoms with Crippen molar-refractivity contribution in [1.29, 1.82) is 5.26 Å². The predicted molar refractivity (Wildman–Crippen MR) is 43.8 cm³/mol. The third kappa shape index (κ3) is 1.94. The van der Waals surface area contributed by atoms with E-state index in [4.69, 9.17) is 5.26 Å². The van der Waals surface area contributed by atoms with E-state index in [0.717, 1.165) is 6.26 Å². The van der Waals surface area contributed by atoms with Crippen LogP contribution in [0.2, 0.25) is 0 Å². The largest absolute Gasteiger partial charge is 0.313 e. The van der Waals surface area contributed by atoms with Crippen molar-refractivity contribution >= 4 is 10.0 Å². The van der Waals surface area contributed by atoms with Gasteiger partial charge in [-0.2, -0.15) is 9.57 Å². The van der Waals surface area contributed by atoms with Gasteiger partial charge in [-0.15, -0.1) is 0 Å². The van der Waals surface area contributed by atoms with Gasteiger partial charge in [-0.05, 0) is 0 Å². The van der Waals surface area contributed by atoms with Crippen LogP contribution in [-0.2, 0) is 10.0 Å². The number of hydrogen-bond acceptors (Lipinski definition) is 4. The summed E-state index contributed by atoms with van der Waals surface area (Å²) in [5.41, 5.74) is 0. The maximum Gasteiger partial charge on any atom is 0.212 e. The molecule has 68 valence electrons. The molecular weight excluding hydrogens is 178 g/mol. The van der Waals surface area contributed by atoms with Crippen molar-refractivity contribution in [2.75, 3.05) is 25.9 Å². The fraction of sp³-hybridized carbons (Fsp3) is 0.833. The van der Waals surface area contributed by atoms with Gasteiger partial charge in [-0.1, -0.05) is 0 Å². The topological polar surface area (TPSA) is 73.2 Å². The first-order chi connectivity index (χ1) is 5.55. The van der Waals surface area contributed by atoms with Crippen LogP contribution in [0.25, 0.3) is 0 Å². The van der Waals surface area contributed by atoms with Crippen molar-refractivity contribution in [3.8, 4) is 6.07 Å². The van der Waals surface area contributed by atoms with Gasteiger partial charge in [0.2, 0.25) is 10.0 Å². The highest BCUT2D eigenvalue weighted by molar-refractivity contribution is 7.88. The molecule has 0 amide bonds. The Hall–Kier alpha value is -0.640. The van der Waals surface area contributed by atoms with Gasteiger partial charge in [0, 0.05) is 19.6 Å². The molecule has 0 saturated carbocycles. The molecule has 1 rings (SSSR count). The monoisotopic (exact) mass is 189 g/mol. The van der Waals surface area contributed by atoms with Crippen LogP contribution in [0, 0.1) is 11.3 Å². The number of piperazine rings is 1. The molecule has 1 atom stereocenters. The maximum atomic E-state index is 11.1. The number of sulfonamides is 1. The number of hydrogen-bond donors (Lipinski definition) is 1. The number of nitrogens with one attached hydrogen (secondary N) is 1. The van der Waals surface area contributed by atoms with Gasteiger partial charge in [0.25, 0.3) is 0 Å². The Morgan fingerprint density at radius 2 is 2.33 bits per heavy atom. The predicted octanol–water partition coefficient (Wildman–Crippen LogP) is -1.26. The van der Waals surface area contributed by atoms with Crippen LogP contribution in [0.4, 0.5) is 0 Å². The lowest BCUT2D eigenvalue weighted by Crippen LogP contribution is -2.52. The van der Waals surface area contributed by atoms with Gasteiger partial charge >= 0.3 is 0 Å². The van der Waals surface area contributed by atoms with Crippen LogP contribution in [-0.4, -0.2) is 44.7 Å². The molecule has 0 aromatic heterocycles. The molecule has 1 unspecified atom stereocenters. The van der Waals surface area contributed by atoms with E-state index in [1.54, 1.807) is 0 Å². The second-order valence-electron chi connectivity index (χ2n) is 2.72. The molecule has 1 fully saturated rings. The van der Waals surface area contributed by atoms with Gasteiger partial charge in [0.1, 0.15) is 6.04 Å². The number of nitriles is 1. The standard InChI is InChI=1S/C6H11N3O2S/c1-12(10,11)9-3-2-8-5-6(9)4-7/h6,8H,2-3,5H2,1H3. The average Bonchev–Trinajstić information content (AvgIpc) is 2.03. The zero-order chi connectivity index (χ0) is 9.19. The lowest BCUT2D eigenvalue weighted by molar-refractivity contribution is 0.314. The third-order valence-electron chi connectivity index (χ3n) is 1.77. The van der Waals surface area contributed by atoms with Gasteiger partial charge in [0.05, 0.1) is 12.3 Å². The van der Waals surface area contributed by atoms with Gasteiger partial charge in [-0.3, -0.25) is 0 Å². The van der Waals surface area contributed by atoms with Crippen molar-refractivity contribution in [2.45, 2.75) is 6.04 Å². The summed E-state index contributed by atoms with van der Waals surface area (Å²) in [6, 6.07) is 1.40. The van der Waals surface area contributed by atoms with E-state index in [1.165, 1.54) is 4.31 Å². The summed E-state index contributed by atoms with van der Waals surface area (Å²) >= 11 is 0. The Morgan fingerprint density at radius 1 is 1.67 bits per heavy atom. The van der Waals surface area contributed by atoms with Gasteiger partial charge < -0.3 is 5.32 Å². The highest BCUT2D eigenvalue weighted by Crippen LogP contribution is 2.06. The molecule has 0 aromatic rings. The Morgan fingerprint density at radius 3 is 2.75 bits per heavy atom. The Bertz CT molecular complexity index is 292. The fourth-order valence-corrected chi connectivity index (χ4v) is 2.20. The number of rotatable bonds is 1. The van der Waals surface area contributed by atoms with Crippen molar-refractivity contribution in [3.63, 3.8) is 0 Å². The van der Waals surface area contributed by atoms with E-state index in [1.807, 2.05) is 6.07 Å². The first kappa shape index (κ1) is 9.45. The van der Waals surface area contributed by atoms with Crippen molar-refractivity contribution in [1.82, 2.24) is 9.62 Å². The van der Waals surface area contributed by atoms with Crippen molar-refractivity contribution in [2.24, 2.45) is 0 Å². The van der Waals surface area contributed by atoms with Gasteiger partial charge in [-0.25, -0.2) is 8.42 Å². The normalized spacial score (nSPS) is 26.5. The van der Waals surface area contributed by atoms with Gasteiger partial charge in [0.15, 0.2) is 0 Å². The minimum Gasteiger partial charge on any atom is -0.313 e. The average molecular weight is 189 g/mol. The molecule has 1 N–H and O–H groups in total. The van der Waals surface area contributed by atoms with Crippen LogP contribution in [0.5, 0.6) is 0 Å². The highest BCUT2D eigenvalue weighted by Gasteiger charge is 2.28. The minimum absolute atomic E-state index is 0.386. The summed E-state index contributed by atoms with van der Waals surface area (Å²) in [7, 11) is -3.22. The Balaban J connectivity index is 2.81. The van der Waals surface area contributed by atoms with E-state index >= 15 is 0 Å². The molecule has 0 bridgehead atoms.